The Morgan fingerprint density at radius 2 is 1.68 bits per heavy atom. The molecule has 34 heavy (non-hydrogen) atoms. The van der Waals surface area contributed by atoms with E-state index in [-0.39, 0.29) is 11.5 Å². The van der Waals surface area contributed by atoms with Crippen molar-refractivity contribution in [3.63, 3.8) is 0 Å². The highest BCUT2D eigenvalue weighted by Gasteiger charge is 2.18. The number of carbonyl (C=O) groups excluding carboxylic acids is 1. The van der Waals surface area contributed by atoms with Gasteiger partial charge in [0.1, 0.15) is 11.3 Å². The van der Waals surface area contributed by atoms with Crippen molar-refractivity contribution >= 4 is 17.2 Å². The summed E-state index contributed by atoms with van der Waals surface area (Å²) in [5.74, 6) is -2.17. The molecule has 0 spiro atoms. The Hall–Kier alpha value is -4.39. The highest BCUT2D eigenvalue weighted by atomic mass is 19.2. The number of carbonyl (C=O) groups is 1. The zero-order valence-corrected chi connectivity index (χ0v) is 18.5. The van der Waals surface area contributed by atoms with Gasteiger partial charge >= 0.3 is 0 Å². The van der Waals surface area contributed by atoms with Crippen molar-refractivity contribution in [3.8, 4) is 22.5 Å². The average molecular weight is 454 g/mol. The maximum Gasteiger partial charge on any atom is 0.274 e. The third-order valence-electron chi connectivity index (χ3n) is 5.66. The number of rotatable bonds is 4. The number of anilines is 1. The number of amides is 1. The number of fused-ring (bicyclic) bond motifs is 1. The molecule has 0 radical (unpaired) electrons. The molecule has 3 heterocycles. The first-order valence-corrected chi connectivity index (χ1v) is 10.7. The number of hydrogen-bond acceptors (Lipinski definition) is 3. The summed E-state index contributed by atoms with van der Waals surface area (Å²) in [6.45, 7) is 3.80. The van der Waals surface area contributed by atoms with Gasteiger partial charge in [-0.3, -0.25) is 9.20 Å². The number of halogens is 2. The Morgan fingerprint density at radius 1 is 0.912 bits per heavy atom. The lowest BCUT2D eigenvalue weighted by Gasteiger charge is -2.11. The summed E-state index contributed by atoms with van der Waals surface area (Å²) in [7, 11) is 0. The van der Waals surface area contributed by atoms with E-state index < -0.39 is 11.6 Å². The number of aromatic nitrogens is 3. The maximum atomic E-state index is 14.4. The van der Waals surface area contributed by atoms with Crippen molar-refractivity contribution in [3.05, 3.63) is 108 Å². The van der Waals surface area contributed by atoms with Crippen LogP contribution in [0.2, 0.25) is 0 Å². The Morgan fingerprint density at radius 3 is 2.47 bits per heavy atom. The third-order valence-corrected chi connectivity index (χ3v) is 5.66. The summed E-state index contributed by atoms with van der Waals surface area (Å²) in [5, 5.41) is 2.88. The van der Waals surface area contributed by atoms with E-state index in [4.69, 9.17) is 0 Å². The first-order valence-electron chi connectivity index (χ1n) is 10.7. The SMILES string of the molecule is Cc1ccc(NC(=O)c2nc(-c3cccn4c(-c5cccc(F)c5F)cnc34)ccc2C)cc1. The van der Waals surface area contributed by atoms with Crippen LogP contribution in [0.15, 0.2) is 79.1 Å². The van der Waals surface area contributed by atoms with E-state index in [9.17, 15) is 13.6 Å². The van der Waals surface area contributed by atoms with Crippen LogP contribution in [0, 0.1) is 25.5 Å². The van der Waals surface area contributed by atoms with Crippen molar-refractivity contribution in [2.75, 3.05) is 5.32 Å². The van der Waals surface area contributed by atoms with Gasteiger partial charge in [0.2, 0.25) is 0 Å². The molecule has 5 rings (SSSR count). The Kier molecular flexibility index (Phi) is 5.37. The minimum Gasteiger partial charge on any atom is -0.321 e. The largest absolute Gasteiger partial charge is 0.321 e. The number of nitrogens with one attached hydrogen (secondary N) is 1. The molecule has 5 nitrogen and oxygen atoms in total. The topological polar surface area (TPSA) is 59.3 Å². The molecule has 3 aromatic heterocycles. The van der Waals surface area contributed by atoms with Gasteiger partial charge in [-0.1, -0.05) is 29.8 Å². The van der Waals surface area contributed by atoms with Gasteiger partial charge in [-0.25, -0.2) is 18.7 Å². The van der Waals surface area contributed by atoms with Gasteiger partial charge in [-0.15, -0.1) is 0 Å². The normalized spacial score (nSPS) is 11.1. The molecule has 1 amide bonds. The van der Waals surface area contributed by atoms with Gasteiger partial charge in [0.05, 0.1) is 17.6 Å². The van der Waals surface area contributed by atoms with E-state index in [1.54, 1.807) is 16.7 Å². The number of benzene rings is 2. The predicted octanol–water partition coefficient (Wildman–Crippen LogP) is 6.21. The molecule has 168 valence electrons. The van der Waals surface area contributed by atoms with Crippen LogP contribution >= 0.6 is 0 Å². The van der Waals surface area contributed by atoms with E-state index in [0.29, 0.717) is 34.0 Å². The van der Waals surface area contributed by atoms with Crippen molar-refractivity contribution in [1.82, 2.24) is 14.4 Å². The minimum atomic E-state index is -0.932. The lowest BCUT2D eigenvalue weighted by atomic mass is 10.1. The standard InChI is InChI=1S/C27H20F2N4O/c1-16-8-11-18(12-9-16)31-27(34)25-17(2)10-13-22(32-25)19-6-4-14-33-23(15-30-26(19)33)20-5-3-7-21(28)24(20)29/h3-15H,1-2H3,(H,31,34). The second-order valence-corrected chi connectivity index (χ2v) is 8.04. The molecule has 0 aliphatic heterocycles. The summed E-state index contributed by atoms with van der Waals surface area (Å²) in [6.07, 6.45) is 3.22. The van der Waals surface area contributed by atoms with E-state index in [1.807, 2.05) is 56.3 Å². The lowest BCUT2D eigenvalue weighted by molar-refractivity contribution is 0.102. The molecule has 2 aromatic carbocycles. The highest BCUT2D eigenvalue weighted by molar-refractivity contribution is 6.04. The molecule has 0 aliphatic carbocycles. The Labute approximate surface area is 194 Å². The second kappa shape index (κ2) is 8.51. The molecular weight excluding hydrogens is 434 g/mol. The van der Waals surface area contributed by atoms with Crippen LogP contribution in [-0.2, 0) is 0 Å². The molecule has 7 heteroatoms. The van der Waals surface area contributed by atoms with Crippen molar-refractivity contribution in [2.45, 2.75) is 13.8 Å². The van der Waals surface area contributed by atoms with Gasteiger partial charge < -0.3 is 5.32 Å². The van der Waals surface area contributed by atoms with Gasteiger partial charge in [0.15, 0.2) is 11.6 Å². The molecule has 0 fully saturated rings. The van der Waals surface area contributed by atoms with Gasteiger partial charge in [0.25, 0.3) is 5.91 Å². The molecule has 0 atom stereocenters. The van der Waals surface area contributed by atoms with Crippen molar-refractivity contribution in [2.24, 2.45) is 0 Å². The molecule has 0 aliphatic rings. The summed E-state index contributed by atoms with van der Waals surface area (Å²) in [6, 6.07) is 18.8. The zero-order chi connectivity index (χ0) is 23.8. The first kappa shape index (κ1) is 21.5. The minimum absolute atomic E-state index is 0.111. The van der Waals surface area contributed by atoms with Crippen LogP contribution in [0.4, 0.5) is 14.5 Å². The van der Waals surface area contributed by atoms with Gasteiger partial charge in [-0.05, 0) is 61.9 Å². The summed E-state index contributed by atoms with van der Waals surface area (Å²) in [4.78, 5) is 22.0. The molecule has 0 unspecified atom stereocenters. The summed E-state index contributed by atoms with van der Waals surface area (Å²) < 4.78 is 29.9. The summed E-state index contributed by atoms with van der Waals surface area (Å²) >= 11 is 0. The molecule has 1 N–H and O–H groups in total. The quantitative estimate of drug-likeness (QED) is 0.351. The van der Waals surface area contributed by atoms with Crippen LogP contribution in [0.5, 0.6) is 0 Å². The second-order valence-electron chi connectivity index (χ2n) is 8.04. The molecule has 0 saturated heterocycles. The molecule has 0 bridgehead atoms. The zero-order valence-electron chi connectivity index (χ0n) is 18.5. The Bertz CT molecular complexity index is 1540. The average Bonchev–Trinajstić information content (AvgIpc) is 3.27. The van der Waals surface area contributed by atoms with Crippen molar-refractivity contribution < 1.29 is 13.6 Å². The van der Waals surface area contributed by atoms with E-state index in [1.165, 1.54) is 18.3 Å². The van der Waals surface area contributed by atoms with E-state index >= 15 is 0 Å². The van der Waals surface area contributed by atoms with E-state index in [2.05, 4.69) is 15.3 Å². The third kappa shape index (κ3) is 3.81. The fourth-order valence-electron chi connectivity index (χ4n) is 3.85. The fourth-order valence-corrected chi connectivity index (χ4v) is 3.85. The number of imidazole rings is 1. The number of aryl methyl sites for hydroxylation is 2. The predicted molar refractivity (Wildman–Crippen MR) is 128 cm³/mol. The van der Waals surface area contributed by atoms with Crippen LogP contribution in [0.25, 0.3) is 28.2 Å². The maximum absolute atomic E-state index is 14.4. The lowest BCUT2D eigenvalue weighted by Crippen LogP contribution is -2.15. The van der Waals surface area contributed by atoms with Crippen LogP contribution in [0.3, 0.4) is 0 Å². The molecular formula is C27H20F2N4O. The monoisotopic (exact) mass is 454 g/mol. The number of nitrogens with zero attached hydrogens (tertiary/aromatic N) is 3. The smallest absolute Gasteiger partial charge is 0.274 e. The number of pyridine rings is 2. The van der Waals surface area contributed by atoms with Crippen molar-refractivity contribution in [1.29, 1.82) is 0 Å². The van der Waals surface area contributed by atoms with Crippen LogP contribution in [-0.4, -0.2) is 20.3 Å². The fraction of sp³-hybridized carbons (Fsp3) is 0.0741. The van der Waals surface area contributed by atoms with Crippen LogP contribution in [0.1, 0.15) is 21.6 Å². The van der Waals surface area contributed by atoms with E-state index in [0.717, 1.165) is 17.2 Å². The number of hydrogen-bond donors (Lipinski definition) is 1. The highest BCUT2D eigenvalue weighted by Crippen LogP contribution is 2.30. The Balaban J connectivity index is 1.55. The summed E-state index contributed by atoms with van der Waals surface area (Å²) in [5.41, 5.74) is 5.05. The molecule has 5 aromatic rings. The van der Waals surface area contributed by atoms with Gasteiger partial charge in [0, 0.05) is 23.0 Å². The first-order chi connectivity index (χ1) is 16.4. The molecule has 0 saturated carbocycles. The van der Waals surface area contributed by atoms with Gasteiger partial charge in [-0.2, -0.15) is 0 Å². The van der Waals surface area contributed by atoms with Crippen LogP contribution < -0.4 is 5.32 Å².